The largest absolute Gasteiger partial charge is 0.385 e. The molecule has 0 spiro atoms. The minimum absolute atomic E-state index is 0.0611. The van der Waals surface area contributed by atoms with Crippen molar-refractivity contribution in [1.82, 2.24) is 15.1 Å². The van der Waals surface area contributed by atoms with Gasteiger partial charge in [0, 0.05) is 38.9 Å². The van der Waals surface area contributed by atoms with Crippen LogP contribution in [-0.4, -0.2) is 35.9 Å². The van der Waals surface area contributed by atoms with Crippen molar-refractivity contribution in [1.29, 1.82) is 0 Å². The Labute approximate surface area is 115 Å². The van der Waals surface area contributed by atoms with E-state index < -0.39 is 0 Å². The van der Waals surface area contributed by atoms with Gasteiger partial charge in [0.1, 0.15) is 0 Å². The molecule has 0 unspecified atom stereocenters. The number of amides is 1. The molecule has 1 aromatic heterocycles. The van der Waals surface area contributed by atoms with Crippen molar-refractivity contribution in [2.45, 2.75) is 26.3 Å². The first-order valence-electron chi connectivity index (χ1n) is 5.58. The van der Waals surface area contributed by atoms with E-state index in [1.807, 2.05) is 17.8 Å². The van der Waals surface area contributed by atoms with E-state index in [0.29, 0.717) is 26.1 Å². The van der Waals surface area contributed by atoms with Crippen molar-refractivity contribution < 1.29 is 9.53 Å². The topological polar surface area (TPSA) is 56.1 Å². The molecule has 0 saturated heterocycles. The van der Waals surface area contributed by atoms with Crippen molar-refractivity contribution >= 4 is 28.5 Å². The summed E-state index contributed by atoms with van der Waals surface area (Å²) in [6.07, 6.45) is 3.12. The highest BCUT2D eigenvalue weighted by molar-refractivity contribution is 14.1. The fourth-order valence-electron chi connectivity index (χ4n) is 1.39. The first-order chi connectivity index (χ1) is 8.15. The molecule has 0 fully saturated rings. The second kappa shape index (κ2) is 7.65. The summed E-state index contributed by atoms with van der Waals surface area (Å²) in [5, 5.41) is 7.06. The molecule has 0 aliphatic heterocycles. The quantitative estimate of drug-likeness (QED) is 0.596. The van der Waals surface area contributed by atoms with E-state index in [9.17, 15) is 4.79 Å². The molecule has 96 valence electrons. The van der Waals surface area contributed by atoms with Gasteiger partial charge in [-0.05, 0) is 35.9 Å². The first-order valence-corrected chi connectivity index (χ1v) is 6.66. The Bertz CT molecular complexity index is 366. The first kappa shape index (κ1) is 14.4. The molecular formula is C11H18IN3O2. The SMILES string of the molecule is COCCCNC(=O)CCn1ncc(I)c1C. The summed E-state index contributed by atoms with van der Waals surface area (Å²) >= 11 is 2.24. The Balaban J connectivity index is 2.22. The van der Waals surface area contributed by atoms with Crippen molar-refractivity contribution in [3.05, 3.63) is 15.5 Å². The third kappa shape index (κ3) is 5.03. The lowest BCUT2D eigenvalue weighted by Crippen LogP contribution is -2.26. The summed E-state index contributed by atoms with van der Waals surface area (Å²) < 4.78 is 7.89. The van der Waals surface area contributed by atoms with Gasteiger partial charge in [0.15, 0.2) is 0 Å². The molecule has 0 atom stereocenters. The fraction of sp³-hybridized carbons (Fsp3) is 0.636. The van der Waals surface area contributed by atoms with Crippen LogP contribution in [0.15, 0.2) is 6.20 Å². The zero-order valence-corrected chi connectivity index (χ0v) is 12.4. The fourth-order valence-corrected chi connectivity index (χ4v) is 1.79. The smallest absolute Gasteiger partial charge is 0.221 e. The van der Waals surface area contributed by atoms with E-state index in [1.54, 1.807) is 7.11 Å². The number of nitrogens with one attached hydrogen (secondary N) is 1. The molecule has 1 heterocycles. The number of aromatic nitrogens is 2. The van der Waals surface area contributed by atoms with Gasteiger partial charge in [-0.15, -0.1) is 0 Å². The second-order valence-corrected chi connectivity index (χ2v) is 4.91. The van der Waals surface area contributed by atoms with Gasteiger partial charge in [-0.2, -0.15) is 5.10 Å². The van der Waals surface area contributed by atoms with Crippen molar-refractivity contribution in [3.63, 3.8) is 0 Å². The van der Waals surface area contributed by atoms with Crippen LogP contribution in [0.3, 0.4) is 0 Å². The molecule has 1 amide bonds. The van der Waals surface area contributed by atoms with Crippen LogP contribution in [0.25, 0.3) is 0 Å². The van der Waals surface area contributed by atoms with Crippen LogP contribution < -0.4 is 5.32 Å². The maximum Gasteiger partial charge on any atom is 0.221 e. The molecule has 0 aromatic carbocycles. The van der Waals surface area contributed by atoms with E-state index in [1.165, 1.54) is 0 Å². The molecule has 0 aliphatic rings. The lowest BCUT2D eigenvalue weighted by Gasteiger charge is -2.06. The number of carbonyl (C=O) groups excluding carboxylic acids is 1. The Hall–Kier alpha value is -0.630. The van der Waals surface area contributed by atoms with Gasteiger partial charge in [0.25, 0.3) is 0 Å². The van der Waals surface area contributed by atoms with Crippen molar-refractivity contribution in [3.8, 4) is 0 Å². The maximum absolute atomic E-state index is 11.5. The minimum Gasteiger partial charge on any atom is -0.385 e. The molecule has 0 bridgehead atoms. The van der Waals surface area contributed by atoms with Crippen LogP contribution in [0, 0.1) is 10.5 Å². The molecular weight excluding hydrogens is 333 g/mol. The van der Waals surface area contributed by atoms with Crippen LogP contribution in [0.2, 0.25) is 0 Å². The molecule has 1 N–H and O–H groups in total. The van der Waals surface area contributed by atoms with E-state index in [2.05, 4.69) is 33.0 Å². The molecule has 0 aliphatic carbocycles. The number of hydrogen-bond acceptors (Lipinski definition) is 3. The Kier molecular flexibility index (Phi) is 6.49. The van der Waals surface area contributed by atoms with Gasteiger partial charge in [0.05, 0.1) is 9.77 Å². The number of ether oxygens (including phenoxy) is 1. The van der Waals surface area contributed by atoms with Gasteiger partial charge in [-0.25, -0.2) is 0 Å². The van der Waals surface area contributed by atoms with E-state index >= 15 is 0 Å². The molecule has 1 aromatic rings. The van der Waals surface area contributed by atoms with Crippen LogP contribution in [-0.2, 0) is 16.1 Å². The average molecular weight is 351 g/mol. The second-order valence-electron chi connectivity index (χ2n) is 3.75. The Morgan fingerprint density at radius 2 is 2.41 bits per heavy atom. The molecule has 5 nitrogen and oxygen atoms in total. The van der Waals surface area contributed by atoms with Crippen molar-refractivity contribution in [2.24, 2.45) is 0 Å². The number of methoxy groups -OCH3 is 1. The number of aryl methyl sites for hydroxylation is 1. The van der Waals surface area contributed by atoms with E-state index in [4.69, 9.17) is 4.74 Å². The number of hydrogen-bond donors (Lipinski definition) is 1. The normalized spacial score (nSPS) is 10.5. The van der Waals surface area contributed by atoms with Crippen LogP contribution in [0.4, 0.5) is 0 Å². The van der Waals surface area contributed by atoms with Gasteiger partial charge in [0.2, 0.25) is 5.91 Å². The van der Waals surface area contributed by atoms with Crippen LogP contribution >= 0.6 is 22.6 Å². The van der Waals surface area contributed by atoms with Crippen molar-refractivity contribution in [2.75, 3.05) is 20.3 Å². The number of carbonyl (C=O) groups is 1. The van der Waals surface area contributed by atoms with E-state index in [0.717, 1.165) is 15.7 Å². The number of nitrogens with zero attached hydrogens (tertiary/aromatic N) is 2. The molecule has 0 radical (unpaired) electrons. The monoisotopic (exact) mass is 351 g/mol. The standard InChI is InChI=1S/C11H18IN3O2/c1-9-10(12)8-14-15(9)6-4-11(16)13-5-3-7-17-2/h8H,3-7H2,1-2H3,(H,13,16). The van der Waals surface area contributed by atoms with Crippen LogP contribution in [0.1, 0.15) is 18.5 Å². The van der Waals surface area contributed by atoms with Gasteiger partial charge < -0.3 is 10.1 Å². The van der Waals surface area contributed by atoms with Crippen LogP contribution in [0.5, 0.6) is 0 Å². The van der Waals surface area contributed by atoms with Gasteiger partial charge in [-0.1, -0.05) is 0 Å². The summed E-state index contributed by atoms with van der Waals surface area (Å²) in [7, 11) is 1.66. The lowest BCUT2D eigenvalue weighted by atomic mass is 10.3. The average Bonchev–Trinajstić information content (AvgIpc) is 2.63. The Morgan fingerprint density at radius 1 is 1.65 bits per heavy atom. The third-order valence-corrected chi connectivity index (χ3v) is 3.50. The Morgan fingerprint density at radius 3 is 3.00 bits per heavy atom. The summed E-state index contributed by atoms with van der Waals surface area (Å²) in [5.41, 5.74) is 1.11. The highest BCUT2D eigenvalue weighted by Crippen LogP contribution is 2.09. The van der Waals surface area contributed by atoms with Gasteiger partial charge >= 0.3 is 0 Å². The predicted molar refractivity (Wildman–Crippen MR) is 73.8 cm³/mol. The van der Waals surface area contributed by atoms with Gasteiger partial charge in [-0.3, -0.25) is 9.48 Å². The molecule has 17 heavy (non-hydrogen) atoms. The highest BCUT2D eigenvalue weighted by Gasteiger charge is 2.06. The molecule has 0 saturated carbocycles. The minimum atomic E-state index is 0.0611. The summed E-state index contributed by atoms with van der Waals surface area (Å²) in [6, 6.07) is 0. The molecule has 6 heteroatoms. The lowest BCUT2D eigenvalue weighted by molar-refractivity contribution is -0.121. The number of halogens is 1. The maximum atomic E-state index is 11.5. The molecule has 1 rings (SSSR count). The third-order valence-electron chi connectivity index (χ3n) is 2.44. The highest BCUT2D eigenvalue weighted by atomic mass is 127. The predicted octanol–water partition coefficient (Wildman–Crippen LogP) is 1.34. The zero-order valence-electron chi connectivity index (χ0n) is 10.2. The van der Waals surface area contributed by atoms with E-state index in [-0.39, 0.29) is 5.91 Å². The number of rotatable bonds is 7. The zero-order chi connectivity index (χ0) is 12.7. The summed E-state index contributed by atoms with van der Waals surface area (Å²) in [6.45, 7) is 3.98. The summed E-state index contributed by atoms with van der Waals surface area (Å²) in [4.78, 5) is 11.5. The summed E-state index contributed by atoms with van der Waals surface area (Å²) in [5.74, 6) is 0.0611.